The first-order valence-electron chi connectivity index (χ1n) is 5.94. The molecule has 98 valence electrons. The van der Waals surface area contributed by atoms with Gasteiger partial charge in [-0.15, -0.1) is 11.6 Å². The van der Waals surface area contributed by atoms with Crippen LogP contribution in [0.5, 0.6) is 0 Å². The summed E-state index contributed by atoms with van der Waals surface area (Å²) in [4.78, 5) is 11.1. The monoisotopic (exact) mass is 269 g/mol. The van der Waals surface area contributed by atoms with Crippen molar-refractivity contribution in [3.63, 3.8) is 0 Å². The van der Waals surface area contributed by atoms with Crippen molar-refractivity contribution in [1.82, 2.24) is 5.32 Å². The third kappa shape index (κ3) is 3.62. The summed E-state index contributed by atoms with van der Waals surface area (Å²) in [5.74, 6) is 0.467. The van der Waals surface area contributed by atoms with E-state index in [2.05, 4.69) is 5.32 Å². The number of amides is 1. The first-order chi connectivity index (χ1) is 8.79. The van der Waals surface area contributed by atoms with E-state index in [4.69, 9.17) is 21.1 Å². The molecule has 0 spiro atoms. The van der Waals surface area contributed by atoms with Crippen LogP contribution in [0.15, 0.2) is 30.3 Å². The second-order valence-corrected chi connectivity index (χ2v) is 4.55. The summed E-state index contributed by atoms with van der Waals surface area (Å²) in [5, 5.41) is 2.73. The molecule has 0 radical (unpaired) electrons. The summed E-state index contributed by atoms with van der Waals surface area (Å²) < 4.78 is 10.7. The van der Waals surface area contributed by atoms with E-state index in [0.29, 0.717) is 25.5 Å². The number of ether oxygens (including phenoxy) is 2. The van der Waals surface area contributed by atoms with Crippen LogP contribution in [0.3, 0.4) is 0 Å². The fourth-order valence-electron chi connectivity index (χ4n) is 1.89. The number of alkyl carbamates (subject to hydrolysis) is 1. The maximum absolute atomic E-state index is 11.1. The summed E-state index contributed by atoms with van der Waals surface area (Å²) in [7, 11) is 0. The number of carbonyl (C=O) groups is 1. The molecule has 1 aliphatic rings. The Morgan fingerprint density at radius 1 is 1.33 bits per heavy atom. The molecular formula is C13H16ClNO3. The lowest BCUT2D eigenvalue weighted by atomic mass is 10.1. The summed E-state index contributed by atoms with van der Waals surface area (Å²) >= 11 is 5.66. The van der Waals surface area contributed by atoms with Crippen molar-refractivity contribution in [2.45, 2.75) is 25.2 Å². The van der Waals surface area contributed by atoms with Crippen LogP contribution in [0.2, 0.25) is 0 Å². The lowest BCUT2D eigenvalue weighted by Crippen LogP contribution is -2.36. The van der Waals surface area contributed by atoms with Crippen molar-refractivity contribution < 1.29 is 14.3 Å². The van der Waals surface area contributed by atoms with Gasteiger partial charge >= 0.3 is 6.09 Å². The van der Waals surface area contributed by atoms with Gasteiger partial charge in [-0.2, -0.15) is 0 Å². The van der Waals surface area contributed by atoms with Crippen molar-refractivity contribution in [2.75, 3.05) is 12.5 Å². The summed E-state index contributed by atoms with van der Waals surface area (Å²) in [6, 6.07) is 9.79. The Hall–Kier alpha value is -1.26. The molecule has 1 aromatic rings. The molecule has 1 N–H and O–H groups in total. The van der Waals surface area contributed by atoms with Gasteiger partial charge in [0, 0.05) is 12.3 Å². The third-order valence-corrected chi connectivity index (χ3v) is 3.03. The van der Waals surface area contributed by atoms with E-state index >= 15 is 0 Å². The molecule has 4 nitrogen and oxygen atoms in total. The number of benzene rings is 1. The van der Waals surface area contributed by atoms with Crippen LogP contribution < -0.4 is 5.32 Å². The second-order valence-electron chi connectivity index (χ2n) is 4.17. The molecule has 0 aromatic heterocycles. The largest absolute Gasteiger partial charge is 0.444 e. The highest BCUT2D eigenvalue weighted by atomic mass is 35.5. The number of rotatable bonds is 6. The van der Waals surface area contributed by atoms with E-state index < -0.39 is 6.09 Å². The minimum absolute atomic E-state index is 0.111. The van der Waals surface area contributed by atoms with Crippen molar-refractivity contribution in [3.8, 4) is 0 Å². The van der Waals surface area contributed by atoms with Gasteiger partial charge in [-0.1, -0.05) is 30.3 Å². The van der Waals surface area contributed by atoms with Crippen LogP contribution in [-0.4, -0.2) is 30.7 Å². The summed E-state index contributed by atoms with van der Waals surface area (Å²) in [5.41, 5.74) is 1.11. The van der Waals surface area contributed by atoms with Gasteiger partial charge in [-0.25, -0.2) is 4.79 Å². The molecule has 1 saturated heterocycles. The van der Waals surface area contributed by atoms with Crippen molar-refractivity contribution in [1.29, 1.82) is 0 Å². The molecule has 18 heavy (non-hydrogen) atoms. The molecule has 0 saturated carbocycles. The predicted octanol–water partition coefficient (Wildman–Crippen LogP) is 2.31. The Labute approximate surface area is 111 Å². The molecule has 1 heterocycles. The van der Waals surface area contributed by atoms with Crippen molar-refractivity contribution in [3.05, 3.63) is 35.9 Å². The van der Waals surface area contributed by atoms with Crippen LogP contribution in [0.4, 0.5) is 4.79 Å². The molecule has 1 aromatic carbocycles. The quantitative estimate of drug-likeness (QED) is 0.806. The molecule has 0 unspecified atom stereocenters. The smallest absolute Gasteiger partial charge is 0.407 e. The summed E-state index contributed by atoms with van der Waals surface area (Å²) in [6.07, 6.45) is 0.0591. The lowest BCUT2D eigenvalue weighted by Gasteiger charge is -2.15. The van der Waals surface area contributed by atoms with Crippen LogP contribution in [0, 0.1) is 0 Å². The van der Waals surface area contributed by atoms with E-state index in [1.165, 1.54) is 0 Å². The van der Waals surface area contributed by atoms with E-state index in [1.54, 1.807) is 0 Å². The highest BCUT2D eigenvalue weighted by molar-refractivity contribution is 6.17. The van der Waals surface area contributed by atoms with Crippen LogP contribution in [-0.2, 0) is 16.1 Å². The van der Waals surface area contributed by atoms with Gasteiger partial charge < -0.3 is 14.8 Å². The SMILES string of the molecule is O=C1N[C@H](COCc2ccccc2)[C@@H](CCCl)O1. The van der Waals surface area contributed by atoms with Gasteiger partial charge in [0.05, 0.1) is 19.3 Å². The first kappa shape index (κ1) is 13.2. The molecule has 1 amide bonds. The van der Waals surface area contributed by atoms with E-state index in [0.717, 1.165) is 5.56 Å². The molecule has 2 rings (SSSR count). The Kier molecular flexibility index (Phi) is 4.84. The third-order valence-electron chi connectivity index (χ3n) is 2.81. The Morgan fingerprint density at radius 3 is 2.83 bits per heavy atom. The van der Waals surface area contributed by atoms with Gasteiger partial charge in [0.25, 0.3) is 0 Å². The van der Waals surface area contributed by atoms with Gasteiger partial charge in [-0.05, 0) is 5.56 Å². The highest BCUT2D eigenvalue weighted by Gasteiger charge is 2.33. The fourth-order valence-corrected chi connectivity index (χ4v) is 2.11. The fraction of sp³-hybridized carbons (Fsp3) is 0.462. The standard InChI is InChI=1S/C13H16ClNO3/c14-7-6-12-11(15-13(16)18-12)9-17-8-10-4-2-1-3-5-10/h1-5,11-12H,6-9H2,(H,15,16)/t11-,12-/m1/s1. The number of hydrogen-bond donors (Lipinski definition) is 1. The van der Waals surface area contributed by atoms with Gasteiger partial charge in [0.1, 0.15) is 6.10 Å². The molecule has 2 atom stereocenters. The van der Waals surface area contributed by atoms with E-state index in [-0.39, 0.29) is 12.1 Å². The van der Waals surface area contributed by atoms with E-state index in [1.807, 2.05) is 30.3 Å². The molecule has 0 bridgehead atoms. The minimum atomic E-state index is -0.390. The second kappa shape index (κ2) is 6.61. The molecule has 0 aliphatic carbocycles. The molecule has 1 aliphatic heterocycles. The van der Waals surface area contributed by atoms with Crippen molar-refractivity contribution >= 4 is 17.7 Å². The van der Waals surface area contributed by atoms with Gasteiger partial charge in [0.15, 0.2) is 0 Å². The number of carbonyl (C=O) groups excluding carboxylic acids is 1. The average molecular weight is 270 g/mol. The van der Waals surface area contributed by atoms with Gasteiger partial charge in [0.2, 0.25) is 0 Å². The highest BCUT2D eigenvalue weighted by Crippen LogP contribution is 2.14. The van der Waals surface area contributed by atoms with E-state index in [9.17, 15) is 4.79 Å². The maximum atomic E-state index is 11.1. The lowest BCUT2D eigenvalue weighted by molar-refractivity contribution is 0.0708. The Morgan fingerprint density at radius 2 is 2.11 bits per heavy atom. The zero-order chi connectivity index (χ0) is 12.8. The summed E-state index contributed by atoms with van der Waals surface area (Å²) in [6.45, 7) is 0.961. The number of hydrogen-bond acceptors (Lipinski definition) is 3. The topological polar surface area (TPSA) is 47.6 Å². The normalized spacial score (nSPS) is 22.6. The zero-order valence-corrected chi connectivity index (χ0v) is 10.7. The number of halogens is 1. The number of alkyl halides is 1. The number of cyclic esters (lactones) is 1. The average Bonchev–Trinajstić information content (AvgIpc) is 2.72. The first-order valence-corrected chi connectivity index (χ1v) is 6.48. The maximum Gasteiger partial charge on any atom is 0.407 e. The number of nitrogens with one attached hydrogen (secondary N) is 1. The van der Waals surface area contributed by atoms with Crippen molar-refractivity contribution in [2.24, 2.45) is 0 Å². The van der Waals surface area contributed by atoms with Gasteiger partial charge in [-0.3, -0.25) is 0 Å². The molecular weight excluding hydrogens is 254 g/mol. The predicted molar refractivity (Wildman–Crippen MR) is 68.6 cm³/mol. The van der Waals surface area contributed by atoms with Crippen LogP contribution in [0.25, 0.3) is 0 Å². The molecule has 1 fully saturated rings. The van der Waals surface area contributed by atoms with Crippen LogP contribution in [0.1, 0.15) is 12.0 Å². The Bertz CT molecular complexity index is 385. The minimum Gasteiger partial charge on any atom is -0.444 e. The zero-order valence-electron chi connectivity index (χ0n) is 9.97. The van der Waals surface area contributed by atoms with Crippen LogP contribution >= 0.6 is 11.6 Å². The Balaban J connectivity index is 1.77. The molecule has 5 heteroatoms.